The van der Waals surface area contributed by atoms with Crippen molar-refractivity contribution in [2.24, 2.45) is 0 Å². The topological polar surface area (TPSA) is 87.9 Å². The molecule has 1 aliphatic rings. The fourth-order valence-electron chi connectivity index (χ4n) is 2.11. The van der Waals surface area contributed by atoms with Crippen LogP contribution in [-0.2, 0) is 14.0 Å². The van der Waals surface area contributed by atoms with Gasteiger partial charge in [0.2, 0.25) is 0 Å². The van der Waals surface area contributed by atoms with Crippen LogP contribution in [0.2, 0.25) is 0 Å². The van der Waals surface area contributed by atoms with Gasteiger partial charge in [-0.3, -0.25) is 10.1 Å². The number of nitro groups is 1. The summed E-state index contributed by atoms with van der Waals surface area (Å²) >= 11 is 0. The van der Waals surface area contributed by atoms with Crippen molar-refractivity contribution in [1.29, 1.82) is 0 Å². The molecule has 0 atom stereocenters. The number of hydrogen-bond donors (Lipinski definition) is 0. The molecular weight excluding hydrogens is 289 g/mol. The molecule has 0 amide bonds. The zero-order chi connectivity index (χ0) is 16.7. The molecule has 1 heterocycles. The Labute approximate surface area is 128 Å². The van der Waals surface area contributed by atoms with Gasteiger partial charge in [0.1, 0.15) is 5.56 Å². The van der Waals surface area contributed by atoms with Gasteiger partial charge in [-0.05, 0) is 39.2 Å². The van der Waals surface area contributed by atoms with Gasteiger partial charge in [0.25, 0.3) is 5.69 Å². The number of carbonyl (C=O) groups is 1. The Morgan fingerprint density at radius 3 is 2.23 bits per heavy atom. The second-order valence-corrected chi connectivity index (χ2v) is 6.11. The first-order chi connectivity index (χ1) is 10.1. The maximum absolute atomic E-state index is 11.6. The van der Waals surface area contributed by atoms with Crippen LogP contribution in [0, 0.1) is 10.1 Å². The Balaban J connectivity index is 2.41. The van der Waals surface area contributed by atoms with Gasteiger partial charge in [-0.25, -0.2) is 4.79 Å². The van der Waals surface area contributed by atoms with Gasteiger partial charge < -0.3 is 14.0 Å². The third-order valence-corrected chi connectivity index (χ3v) is 4.15. The lowest BCUT2D eigenvalue weighted by Gasteiger charge is -2.32. The highest BCUT2D eigenvalue weighted by Crippen LogP contribution is 2.36. The summed E-state index contributed by atoms with van der Waals surface area (Å²) in [5.41, 5.74) is -1.05. The van der Waals surface area contributed by atoms with E-state index in [9.17, 15) is 14.9 Å². The summed E-state index contributed by atoms with van der Waals surface area (Å²) in [6, 6.07) is 4.21. The van der Waals surface area contributed by atoms with E-state index in [4.69, 9.17) is 9.31 Å². The predicted molar refractivity (Wildman–Crippen MR) is 80.2 cm³/mol. The van der Waals surface area contributed by atoms with Gasteiger partial charge in [-0.1, -0.05) is 6.07 Å². The first-order valence-corrected chi connectivity index (χ1v) is 6.81. The molecule has 8 heteroatoms. The molecule has 7 nitrogen and oxygen atoms in total. The summed E-state index contributed by atoms with van der Waals surface area (Å²) < 4.78 is 16.3. The minimum atomic E-state index is -0.757. The maximum atomic E-state index is 11.6. The van der Waals surface area contributed by atoms with E-state index in [-0.39, 0.29) is 11.3 Å². The minimum Gasteiger partial charge on any atom is -0.465 e. The van der Waals surface area contributed by atoms with Crippen LogP contribution in [0.1, 0.15) is 38.1 Å². The summed E-state index contributed by atoms with van der Waals surface area (Å²) in [6.45, 7) is 7.57. The molecule has 1 aliphatic heterocycles. The van der Waals surface area contributed by atoms with Gasteiger partial charge in [-0.15, -0.1) is 0 Å². The van der Waals surface area contributed by atoms with E-state index in [0.29, 0.717) is 5.46 Å². The van der Waals surface area contributed by atoms with Crippen LogP contribution < -0.4 is 5.46 Å². The quantitative estimate of drug-likeness (QED) is 0.365. The molecule has 1 aromatic carbocycles. The molecule has 0 N–H and O–H groups in total. The molecule has 0 saturated carbocycles. The second-order valence-electron chi connectivity index (χ2n) is 6.11. The molecule has 2 rings (SSSR count). The second kappa shape index (κ2) is 5.37. The van der Waals surface area contributed by atoms with Crippen molar-refractivity contribution in [3.63, 3.8) is 0 Å². The Morgan fingerprint density at radius 2 is 1.77 bits per heavy atom. The number of nitrogens with zero attached hydrogens (tertiary/aromatic N) is 1. The Kier molecular flexibility index (Phi) is 4.01. The van der Waals surface area contributed by atoms with E-state index >= 15 is 0 Å². The molecule has 0 spiro atoms. The molecule has 0 unspecified atom stereocenters. The van der Waals surface area contributed by atoms with Gasteiger partial charge in [0, 0.05) is 6.07 Å². The summed E-state index contributed by atoms with van der Waals surface area (Å²) in [4.78, 5) is 22.1. The predicted octanol–water partition coefficient (Wildman–Crippen LogP) is 1.68. The highest BCUT2D eigenvalue weighted by atomic mass is 16.7. The van der Waals surface area contributed by atoms with E-state index in [0.717, 1.165) is 0 Å². The first kappa shape index (κ1) is 16.4. The van der Waals surface area contributed by atoms with Crippen LogP contribution in [0.15, 0.2) is 18.2 Å². The zero-order valence-corrected chi connectivity index (χ0v) is 13.2. The van der Waals surface area contributed by atoms with Crippen LogP contribution in [0.25, 0.3) is 0 Å². The standard InChI is InChI=1S/C14H18BNO6/c1-13(2)14(3,4)22-15(21-13)9-6-7-10(12(17)20-5)11(8-9)16(18)19/h6-8H,1-5H3. The van der Waals surface area contributed by atoms with Crippen LogP contribution in [0.5, 0.6) is 0 Å². The molecule has 1 fully saturated rings. The SMILES string of the molecule is COC(=O)c1ccc(B2OC(C)(C)C(C)(C)O2)cc1[N+](=O)[O-]. The Bertz CT molecular complexity index is 612. The molecule has 118 valence electrons. The molecule has 1 aromatic rings. The minimum absolute atomic E-state index is 0.104. The number of nitro benzene ring substituents is 1. The van der Waals surface area contributed by atoms with Gasteiger partial charge in [0.15, 0.2) is 0 Å². The molecule has 0 radical (unpaired) electrons. The number of rotatable bonds is 3. The van der Waals surface area contributed by atoms with E-state index in [1.807, 2.05) is 27.7 Å². The lowest BCUT2D eigenvalue weighted by atomic mass is 9.78. The van der Waals surface area contributed by atoms with Crippen LogP contribution in [0.3, 0.4) is 0 Å². The zero-order valence-electron chi connectivity index (χ0n) is 13.2. The van der Waals surface area contributed by atoms with Crippen molar-refractivity contribution >= 4 is 24.2 Å². The van der Waals surface area contributed by atoms with Gasteiger partial charge in [-0.2, -0.15) is 0 Å². The Morgan fingerprint density at radius 1 is 1.23 bits per heavy atom. The summed E-state index contributed by atoms with van der Waals surface area (Å²) in [7, 11) is 0.448. The molecule has 0 bridgehead atoms. The highest BCUT2D eigenvalue weighted by Gasteiger charge is 2.52. The fraction of sp³-hybridized carbons (Fsp3) is 0.500. The van der Waals surface area contributed by atoms with Crippen LogP contribution >= 0.6 is 0 Å². The van der Waals surface area contributed by atoms with Gasteiger partial charge >= 0.3 is 13.1 Å². The van der Waals surface area contributed by atoms with Gasteiger partial charge in [0.05, 0.1) is 23.2 Å². The monoisotopic (exact) mass is 307 g/mol. The number of methoxy groups -OCH3 is 1. The average molecular weight is 307 g/mol. The summed E-state index contributed by atoms with van der Waals surface area (Å²) in [6.07, 6.45) is 0. The first-order valence-electron chi connectivity index (χ1n) is 6.81. The largest absolute Gasteiger partial charge is 0.495 e. The van der Waals surface area contributed by atoms with Crippen molar-refractivity contribution in [2.45, 2.75) is 38.9 Å². The van der Waals surface area contributed by atoms with Crippen LogP contribution in [-0.4, -0.2) is 36.3 Å². The number of hydrogen-bond acceptors (Lipinski definition) is 6. The number of esters is 1. The van der Waals surface area contributed by atoms with E-state index in [1.54, 1.807) is 6.07 Å². The maximum Gasteiger partial charge on any atom is 0.495 e. The normalized spacial score (nSPS) is 19.0. The summed E-state index contributed by atoms with van der Waals surface area (Å²) in [5, 5.41) is 11.2. The third kappa shape index (κ3) is 2.71. The molecular formula is C14H18BNO6. The molecule has 0 aliphatic carbocycles. The lowest BCUT2D eigenvalue weighted by Crippen LogP contribution is -2.41. The fourth-order valence-corrected chi connectivity index (χ4v) is 2.11. The van der Waals surface area contributed by atoms with Crippen molar-refractivity contribution in [3.05, 3.63) is 33.9 Å². The van der Waals surface area contributed by atoms with Crippen molar-refractivity contribution < 1.29 is 23.8 Å². The smallest absolute Gasteiger partial charge is 0.465 e. The third-order valence-electron chi connectivity index (χ3n) is 4.15. The highest BCUT2D eigenvalue weighted by molar-refractivity contribution is 6.62. The van der Waals surface area contributed by atoms with Crippen molar-refractivity contribution in [3.8, 4) is 0 Å². The molecule has 1 saturated heterocycles. The number of carbonyl (C=O) groups excluding carboxylic acids is 1. The Hall–Kier alpha value is -1.93. The summed E-state index contributed by atoms with van der Waals surface area (Å²) in [5.74, 6) is -0.757. The molecule has 0 aromatic heterocycles. The average Bonchev–Trinajstić information content (AvgIpc) is 2.66. The van der Waals surface area contributed by atoms with Crippen molar-refractivity contribution in [1.82, 2.24) is 0 Å². The van der Waals surface area contributed by atoms with Crippen LogP contribution in [0.4, 0.5) is 5.69 Å². The van der Waals surface area contributed by atoms with E-state index in [2.05, 4.69) is 4.74 Å². The number of ether oxygens (including phenoxy) is 1. The van der Waals surface area contributed by atoms with Crippen molar-refractivity contribution in [2.75, 3.05) is 7.11 Å². The lowest BCUT2D eigenvalue weighted by molar-refractivity contribution is -0.385. The molecule has 22 heavy (non-hydrogen) atoms. The van der Waals surface area contributed by atoms with E-state index < -0.39 is 29.2 Å². The van der Waals surface area contributed by atoms with E-state index in [1.165, 1.54) is 19.2 Å². The number of benzene rings is 1.